The first-order chi connectivity index (χ1) is 8.15. The fourth-order valence-corrected chi connectivity index (χ4v) is 3.68. The molecule has 0 aliphatic heterocycles. The molecule has 4 nitrogen and oxygen atoms in total. The van der Waals surface area contributed by atoms with Gasteiger partial charge in [-0.2, -0.15) is 0 Å². The normalized spacial score (nSPS) is 15.8. The molecule has 1 heterocycles. The van der Waals surface area contributed by atoms with Gasteiger partial charge in [-0.05, 0) is 31.4 Å². The molecule has 0 bridgehead atoms. The number of hydrogen-bond acceptors (Lipinski definition) is 3. The number of aromatic nitrogens is 1. The highest BCUT2D eigenvalue weighted by atomic mass is 32.2. The standard InChI is InChI=1S/C12H18N2O2S/c1-2-3-10-17(15,16)14(11-7-8-11)12-6-4-5-9-13-12/h4-6,9,11H,2-3,7-8,10H2,1H3. The van der Waals surface area contributed by atoms with E-state index in [1.807, 2.05) is 13.0 Å². The van der Waals surface area contributed by atoms with Crippen LogP contribution in [-0.4, -0.2) is 25.2 Å². The van der Waals surface area contributed by atoms with E-state index < -0.39 is 10.0 Å². The van der Waals surface area contributed by atoms with Crippen LogP contribution in [-0.2, 0) is 10.0 Å². The predicted molar refractivity (Wildman–Crippen MR) is 68.4 cm³/mol. The largest absolute Gasteiger partial charge is 0.251 e. The number of rotatable bonds is 6. The van der Waals surface area contributed by atoms with Crippen LogP contribution in [0.3, 0.4) is 0 Å². The van der Waals surface area contributed by atoms with Gasteiger partial charge in [-0.15, -0.1) is 0 Å². The van der Waals surface area contributed by atoms with Gasteiger partial charge < -0.3 is 0 Å². The molecule has 1 aromatic rings. The summed E-state index contributed by atoms with van der Waals surface area (Å²) in [5.41, 5.74) is 0. The van der Waals surface area contributed by atoms with E-state index in [-0.39, 0.29) is 11.8 Å². The van der Waals surface area contributed by atoms with E-state index in [2.05, 4.69) is 4.98 Å². The van der Waals surface area contributed by atoms with Gasteiger partial charge in [0.25, 0.3) is 0 Å². The Kier molecular flexibility index (Phi) is 3.66. The first-order valence-corrected chi connectivity index (χ1v) is 7.69. The van der Waals surface area contributed by atoms with Crippen molar-refractivity contribution in [3.63, 3.8) is 0 Å². The van der Waals surface area contributed by atoms with Crippen molar-refractivity contribution in [1.29, 1.82) is 0 Å². The van der Waals surface area contributed by atoms with Crippen molar-refractivity contribution < 1.29 is 8.42 Å². The van der Waals surface area contributed by atoms with Gasteiger partial charge in [-0.25, -0.2) is 13.4 Å². The molecule has 5 heteroatoms. The number of hydrogen-bond donors (Lipinski definition) is 0. The molecular weight excluding hydrogens is 236 g/mol. The molecule has 0 unspecified atom stereocenters. The van der Waals surface area contributed by atoms with Crippen molar-refractivity contribution in [2.75, 3.05) is 10.1 Å². The number of unbranched alkanes of at least 4 members (excludes halogenated alkanes) is 1. The maximum atomic E-state index is 12.3. The van der Waals surface area contributed by atoms with Crippen LogP contribution in [0, 0.1) is 0 Å². The van der Waals surface area contributed by atoms with Crippen LogP contribution in [0.2, 0.25) is 0 Å². The van der Waals surface area contributed by atoms with Crippen molar-refractivity contribution in [1.82, 2.24) is 4.98 Å². The highest BCUT2D eigenvalue weighted by Gasteiger charge is 2.37. The van der Waals surface area contributed by atoms with Gasteiger partial charge in [0.1, 0.15) is 5.82 Å². The van der Waals surface area contributed by atoms with Crippen molar-refractivity contribution in [2.24, 2.45) is 0 Å². The molecule has 0 atom stereocenters. The molecule has 0 aromatic carbocycles. The predicted octanol–water partition coefficient (Wildman–Crippen LogP) is 2.18. The summed E-state index contributed by atoms with van der Waals surface area (Å²) < 4.78 is 26.0. The van der Waals surface area contributed by atoms with Gasteiger partial charge in [0.15, 0.2) is 0 Å². The molecule has 0 amide bonds. The van der Waals surface area contributed by atoms with Gasteiger partial charge in [0.05, 0.1) is 5.75 Å². The minimum absolute atomic E-state index is 0.131. The molecule has 0 radical (unpaired) electrons. The van der Waals surface area contributed by atoms with E-state index in [0.717, 1.165) is 19.3 Å². The molecule has 1 fully saturated rings. The Balaban J connectivity index is 2.24. The third-order valence-electron chi connectivity index (χ3n) is 2.81. The second-order valence-electron chi connectivity index (χ2n) is 4.38. The Bertz CT molecular complexity index is 455. The maximum Gasteiger partial charge on any atom is 0.236 e. The lowest BCUT2D eigenvalue weighted by atomic mass is 10.4. The third kappa shape index (κ3) is 2.97. The molecule has 1 aliphatic rings. The first-order valence-electron chi connectivity index (χ1n) is 6.08. The topological polar surface area (TPSA) is 50.3 Å². The van der Waals surface area contributed by atoms with E-state index in [0.29, 0.717) is 12.2 Å². The SMILES string of the molecule is CCCCS(=O)(=O)N(c1ccccn1)C1CC1. The minimum Gasteiger partial charge on any atom is -0.251 e. The van der Waals surface area contributed by atoms with Crippen molar-refractivity contribution in [3.05, 3.63) is 24.4 Å². The Hall–Kier alpha value is -1.10. The third-order valence-corrected chi connectivity index (χ3v) is 4.70. The zero-order valence-electron chi connectivity index (χ0n) is 10.0. The second kappa shape index (κ2) is 5.04. The zero-order chi connectivity index (χ0) is 12.3. The summed E-state index contributed by atoms with van der Waals surface area (Å²) in [5.74, 6) is 0.780. The number of sulfonamides is 1. The van der Waals surface area contributed by atoms with Gasteiger partial charge in [0, 0.05) is 12.2 Å². The summed E-state index contributed by atoms with van der Waals surface area (Å²) >= 11 is 0. The number of nitrogens with zero attached hydrogens (tertiary/aromatic N) is 2. The summed E-state index contributed by atoms with van der Waals surface area (Å²) in [5, 5.41) is 0. The molecule has 0 N–H and O–H groups in total. The summed E-state index contributed by atoms with van der Waals surface area (Å²) in [7, 11) is -3.20. The minimum atomic E-state index is -3.20. The summed E-state index contributed by atoms with van der Waals surface area (Å²) in [6, 6.07) is 5.52. The molecule has 2 rings (SSSR count). The van der Waals surface area contributed by atoms with E-state index in [4.69, 9.17) is 0 Å². The highest BCUT2D eigenvalue weighted by molar-refractivity contribution is 7.92. The van der Waals surface area contributed by atoms with Gasteiger partial charge in [0.2, 0.25) is 10.0 Å². The number of pyridine rings is 1. The summed E-state index contributed by atoms with van der Waals surface area (Å²) in [6.07, 6.45) is 5.13. The van der Waals surface area contributed by atoms with Crippen molar-refractivity contribution >= 4 is 15.8 Å². The lowest BCUT2D eigenvalue weighted by Crippen LogP contribution is -2.35. The smallest absolute Gasteiger partial charge is 0.236 e. The average molecular weight is 254 g/mol. The van der Waals surface area contributed by atoms with Crippen LogP contribution >= 0.6 is 0 Å². The van der Waals surface area contributed by atoms with Crippen LogP contribution in [0.25, 0.3) is 0 Å². The highest BCUT2D eigenvalue weighted by Crippen LogP contribution is 2.33. The molecule has 1 aliphatic carbocycles. The van der Waals surface area contributed by atoms with Crippen LogP contribution in [0.15, 0.2) is 24.4 Å². The van der Waals surface area contributed by atoms with Gasteiger partial charge in [-0.3, -0.25) is 4.31 Å². The lowest BCUT2D eigenvalue weighted by molar-refractivity contribution is 0.586. The number of anilines is 1. The first kappa shape index (κ1) is 12.4. The summed E-state index contributed by atoms with van der Waals surface area (Å²) in [4.78, 5) is 4.16. The monoisotopic (exact) mass is 254 g/mol. The van der Waals surface area contributed by atoms with Gasteiger partial charge >= 0.3 is 0 Å². The summed E-state index contributed by atoms with van der Waals surface area (Å²) in [6.45, 7) is 2.00. The molecule has 1 aromatic heterocycles. The molecule has 0 spiro atoms. The molecule has 1 saturated carbocycles. The van der Waals surface area contributed by atoms with Crippen LogP contribution in [0.5, 0.6) is 0 Å². The Morgan fingerprint density at radius 1 is 1.41 bits per heavy atom. The Morgan fingerprint density at radius 3 is 2.71 bits per heavy atom. The zero-order valence-corrected chi connectivity index (χ0v) is 10.9. The maximum absolute atomic E-state index is 12.3. The Morgan fingerprint density at radius 2 is 2.18 bits per heavy atom. The molecule has 17 heavy (non-hydrogen) atoms. The fraction of sp³-hybridized carbons (Fsp3) is 0.583. The van der Waals surface area contributed by atoms with Gasteiger partial charge in [-0.1, -0.05) is 19.4 Å². The quantitative estimate of drug-likeness (QED) is 0.782. The van der Waals surface area contributed by atoms with Crippen LogP contribution in [0.1, 0.15) is 32.6 Å². The Labute approximate surface area is 103 Å². The molecular formula is C12H18N2O2S. The average Bonchev–Trinajstić information content (AvgIpc) is 3.12. The van der Waals surface area contributed by atoms with E-state index in [9.17, 15) is 8.42 Å². The van der Waals surface area contributed by atoms with E-state index in [1.165, 1.54) is 4.31 Å². The fourth-order valence-electron chi connectivity index (χ4n) is 1.77. The lowest BCUT2D eigenvalue weighted by Gasteiger charge is -2.22. The molecule has 94 valence electrons. The molecule has 0 saturated heterocycles. The van der Waals surface area contributed by atoms with Crippen molar-refractivity contribution in [2.45, 2.75) is 38.6 Å². The van der Waals surface area contributed by atoms with Crippen LogP contribution < -0.4 is 4.31 Å². The van der Waals surface area contributed by atoms with Crippen LogP contribution in [0.4, 0.5) is 5.82 Å². The van der Waals surface area contributed by atoms with Crippen molar-refractivity contribution in [3.8, 4) is 0 Å². The van der Waals surface area contributed by atoms with E-state index >= 15 is 0 Å². The van der Waals surface area contributed by atoms with E-state index in [1.54, 1.807) is 18.3 Å². The second-order valence-corrected chi connectivity index (χ2v) is 6.35.